The monoisotopic (exact) mass is 340 g/mol. The van der Waals surface area contributed by atoms with Crippen molar-refractivity contribution >= 4 is 22.2 Å². The van der Waals surface area contributed by atoms with Crippen molar-refractivity contribution < 1.29 is 18.0 Å². The molecule has 9 heteroatoms. The minimum atomic E-state index is -4.41. The second-order valence-electron chi connectivity index (χ2n) is 4.86. The molecule has 2 heterocycles. The number of imidazole rings is 1. The molecular formula is C14H11F3N4OS. The zero-order valence-corrected chi connectivity index (χ0v) is 12.7. The molecule has 3 aromatic rings. The van der Waals surface area contributed by atoms with E-state index < -0.39 is 17.6 Å². The minimum Gasteiger partial charge on any atom is -0.345 e. The number of carbonyl (C=O) groups excluding carboxylic acids is 1. The van der Waals surface area contributed by atoms with Crippen molar-refractivity contribution in [2.75, 3.05) is 0 Å². The number of alkyl halides is 3. The second kappa shape index (κ2) is 5.65. The van der Waals surface area contributed by atoms with Crippen LogP contribution in [0.25, 0.3) is 4.96 Å². The van der Waals surface area contributed by atoms with Crippen LogP contribution in [0.1, 0.15) is 26.6 Å². The molecule has 0 atom stereocenters. The Morgan fingerprint density at radius 2 is 2.00 bits per heavy atom. The lowest BCUT2D eigenvalue weighted by atomic mass is 10.1. The Balaban J connectivity index is 1.65. The summed E-state index contributed by atoms with van der Waals surface area (Å²) in [6.45, 7) is 2.04. The fraction of sp³-hybridized carbons (Fsp3) is 0.214. The SMILES string of the molecule is Cc1cn2nc(CNC(=O)c3ccc(C(F)(F)F)cc3)sc2n1. The zero-order chi connectivity index (χ0) is 16.6. The number of halogens is 3. The molecule has 0 aliphatic rings. The smallest absolute Gasteiger partial charge is 0.345 e. The first-order valence-corrected chi connectivity index (χ1v) is 7.42. The average molecular weight is 340 g/mol. The Hall–Kier alpha value is -2.42. The van der Waals surface area contributed by atoms with Crippen LogP contribution in [0.4, 0.5) is 13.2 Å². The lowest BCUT2D eigenvalue weighted by Crippen LogP contribution is -2.23. The van der Waals surface area contributed by atoms with E-state index in [1.54, 1.807) is 10.7 Å². The first kappa shape index (κ1) is 15.5. The van der Waals surface area contributed by atoms with Gasteiger partial charge in [-0.05, 0) is 31.2 Å². The summed E-state index contributed by atoms with van der Waals surface area (Å²) in [5, 5.41) is 7.54. The van der Waals surface area contributed by atoms with E-state index in [9.17, 15) is 18.0 Å². The fourth-order valence-electron chi connectivity index (χ4n) is 1.99. The van der Waals surface area contributed by atoms with Crippen molar-refractivity contribution in [3.8, 4) is 0 Å². The van der Waals surface area contributed by atoms with E-state index >= 15 is 0 Å². The highest BCUT2D eigenvalue weighted by Crippen LogP contribution is 2.29. The summed E-state index contributed by atoms with van der Waals surface area (Å²) >= 11 is 1.34. The minimum absolute atomic E-state index is 0.162. The quantitative estimate of drug-likeness (QED) is 0.797. The Bertz CT molecular complexity index is 820. The highest BCUT2D eigenvalue weighted by Gasteiger charge is 2.30. The number of rotatable bonds is 3. The van der Waals surface area contributed by atoms with Gasteiger partial charge in [0.1, 0.15) is 5.01 Å². The molecule has 0 fully saturated rings. The summed E-state index contributed by atoms with van der Waals surface area (Å²) in [6, 6.07) is 4.07. The molecule has 0 saturated heterocycles. The van der Waals surface area contributed by atoms with Crippen molar-refractivity contribution in [1.29, 1.82) is 0 Å². The third kappa shape index (κ3) is 3.34. The predicted molar refractivity (Wildman–Crippen MR) is 78.2 cm³/mol. The van der Waals surface area contributed by atoms with Gasteiger partial charge in [-0.25, -0.2) is 9.50 Å². The van der Waals surface area contributed by atoms with Crippen LogP contribution in [0, 0.1) is 6.92 Å². The molecular weight excluding hydrogens is 329 g/mol. The van der Waals surface area contributed by atoms with Crippen LogP contribution in [0.15, 0.2) is 30.5 Å². The molecule has 0 saturated carbocycles. The number of carbonyl (C=O) groups is 1. The van der Waals surface area contributed by atoms with E-state index in [1.807, 2.05) is 6.92 Å². The standard InChI is InChI=1S/C14H11F3N4OS/c1-8-7-21-13(19-8)23-11(20-21)6-18-12(22)9-2-4-10(5-3-9)14(15,16)17/h2-5,7H,6H2,1H3,(H,18,22). The zero-order valence-electron chi connectivity index (χ0n) is 11.9. The molecule has 5 nitrogen and oxygen atoms in total. The average Bonchev–Trinajstić information content (AvgIpc) is 3.00. The van der Waals surface area contributed by atoms with Gasteiger partial charge in [-0.1, -0.05) is 11.3 Å². The predicted octanol–water partition coefficient (Wildman–Crippen LogP) is 3.05. The maximum Gasteiger partial charge on any atom is 0.416 e. The number of benzene rings is 1. The topological polar surface area (TPSA) is 59.3 Å². The number of aryl methyl sites for hydroxylation is 1. The van der Waals surface area contributed by atoms with Crippen LogP contribution in [0.2, 0.25) is 0 Å². The third-order valence-electron chi connectivity index (χ3n) is 3.08. The van der Waals surface area contributed by atoms with E-state index in [-0.39, 0.29) is 12.1 Å². The van der Waals surface area contributed by atoms with Gasteiger partial charge in [0, 0.05) is 5.56 Å². The normalized spacial score (nSPS) is 11.8. The van der Waals surface area contributed by atoms with E-state index in [4.69, 9.17) is 0 Å². The molecule has 3 rings (SSSR count). The summed E-state index contributed by atoms with van der Waals surface area (Å²) in [5.74, 6) is -0.456. The molecule has 0 bridgehead atoms. The van der Waals surface area contributed by atoms with Crippen LogP contribution in [0.5, 0.6) is 0 Å². The number of aromatic nitrogens is 3. The number of amides is 1. The highest BCUT2D eigenvalue weighted by atomic mass is 32.1. The molecule has 0 aliphatic heterocycles. The van der Waals surface area contributed by atoms with Gasteiger partial charge in [-0.15, -0.1) is 0 Å². The molecule has 120 valence electrons. The number of fused-ring (bicyclic) bond motifs is 1. The van der Waals surface area contributed by atoms with Crippen LogP contribution in [-0.2, 0) is 12.7 Å². The summed E-state index contributed by atoms with van der Waals surface area (Å²) in [6.07, 6.45) is -2.64. The van der Waals surface area contributed by atoms with Gasteiger partial charge >= 0.3 is 6.18 Å². The van der Waals surface area contributed by atoms with Gasteiger partial charge in [0.25, 0.3) is 5.91 Å². The van der Waals surface area contributed by atoms with Crippen LogP contribution >= 0.6 is 11.3 Å². The molecule has 0 spiro atoms. The van der Waals surface area contributed by atoms with Gasteiger partial charge in [-0.3, -0.25) is 4.79 Å². The second-order valence-corrected chi connectivity index (χ2v) is 5.90. The Labute approximate surface area is 132 Å². The Kier molecular flexibility index (Phi) is 3.80. The Morgan fingerprint density at radius 3 is 2.61 bits per heavy atom. The number of nitrogens with zero attached hydrogens (tertiary/aromatic N) is 3. The third-order valence-corrected chi connectivity index (χ3v) is 4.00. The van der Waals surface area contributed by atoms with Crippen LogP contribution in [0.3, 0.4) is 0 Å². The van der Waals surface area contributed by atoms with Crippen molar-refractivity contribution in [2.45, 2.75) is 19.6 Å². The highest BCUT2D eigenvalue weighted by molar-refractivity contribution is 7.16. The molecule has 2 aromatic heterocycles. The van der Waals surface area contributed by atoms with E-state index in [0.717, 1.165) is 34.9 Å². The van der Waals surface area contributed by atoms with Crippen LogP contribution < -0.4 is 5.32 Å². The molecule has 23 heavy (non-hydrogen) atoms. The Morgan fingerprint density at radius 1 is 1.30 bits per heavy atom. The maximum atomic E-state index is 12.5. The molecule has 0 unspecified atom stereocenters. The number of hydrogen-bond donors (Lipinski definition) is 1. The molecule has 1 N–H and O–H groups in total. The maximum absolute atomic E-state index is 12.5. The van der Waals surface area contributed by atoms with Gasteiger partial charge < -0.3 is 5.32 Å². The lowest BCUT2D eigenvalue weighted by Gasteiger charge is -2.07. The summed E-state index contributed by atoms with van der Waals surface area (Å²) in [5.41, 5.74) is 0.227. The van der Waals surface area contributed by atoms with Crippen LogP contribution in [-0.4, -0.2) is 20.5 Å². The molecule has 0 aliphatic carbocycles. The summed E-state index contributed by atoms with van der Waals surface area (Å²) < 4.78 is 39.0. The van der Waals surface area contributed by atoms with E-state index in [1.165, 1.54) is 11.3 Å². The van der Waals surface area contributed by atoms with Crippen molar-refractivity contribution in [3.63, 3.8) is 0 Å². The summed E-state index contributed by atoms with van der Waals surface area (Å²) in [7, 11) is 0. The molecule has 0 radical (unpaired) electrons. The number of hydrogen-bond acceptors (Lipinski definition) is 4. The summed E-state index contributed by atoms with van der Waals surface area (Å²) in [4.78, 5) is 16.9. The van der Waals surface area contributed by atoms with Crippen molar-refractivity contribution in [3.05, 3.63) is 52.3 Å². The van der Waals surface area contributed by atoms with E-state index in [0.29, 0.717) is 5.01 Å². The molecule has 1 aromatic carbocycles. The molecule has 1 amide bonds. The van der Waals surface area contributed by atoms with Crippen molar-refractivity contribution in [2.24, 2.45) is 0 Å². The van der Waals surface area contributed by atoms with Gasteiger partial charge in [-0.2, -0.15) is 18.3 Å². The van der Waals surface area contributed by atoms with Gasteiger partial charge in [0.2, 0.25) is 4.96 Å². The number of nitrogens with one attached hydrogen (secondary N) is 1. The van der Waals surface area contributed by atoms with Gasteiger partial charge in [0.15, 0.2) is 0 Å². The first-order chi connectivity index (χ1) is 10.8. The van der Waals surface area contributed by atoms with Gasteiger partial charge in [0.05, 0.1) is 24.0 Å². The fourth-order valence-corrected chi connectivity index (χ4v) is 2.85. The van der Waals surface area contributed by atoms with E-state index in [2.05, 4.69) is 15.4 Å². The van der Waals surface area contributed by atoms with Crippen molar-refractivity contribution in [1.82, 2.24) is 19.9 Å². The largest absolute Gasteiger partial charge is 0.416 e. The first-order valence-electron chi connectivity index (χ1n) is 6.60. The lowest BCUT2D eigenvalue weighted by molar-refractivity contribution is -0.137.